The van der Waals surface area contributed by atoms with Crippen LogP contribution < -0.4 is 5.32 Å². The fraction of sp³-hybridized carbons (Fsp3) is 0.467. The average Bonchev–Trinajstić information content (AvgIpc) is 2.41. The molecule has 0 atom stereocenters. The molecule has 0 aliphatic carbocycles. The number of ketones is 1. The first kappa shape index (κ1) is 13.6. The quantitative estimate of drug-likeness (QED) is 0.844. The highest BCUT2D eigenvalue weighted by atomic mass is 16.1. The maximum Gasteiger partial charge on any atom is 0.161 e. The first-order valence-corrected chi connectivity index (χ1v) is 6.60. The van der Waals surface area contributed by atoms with E-state index in [0.717, 1.165) is 31.6 Å². The molecule has 0 saturated carbocycles. The smallest absolute Gasteiger partial charge is 0.161 e. The van der Waals surface area contributed by atoms with Crippen molar-refractivity contribution in [2.24, 2.45) is 0 Å². The lowest BCUT2D eigenvalue weighted by Gasteiger charge is -2.30. The summed E-state index contributed by atoms with van der Waals surface area (Å²) < 4.78 is 0. The molecule has 19 heavy (non-hydrogen) atoms. The molecule has 4 nitrogen and oxygen atoms in total. The van der Waals surface area contributed by atoms with Crippen LogP contribution in [0, 0.1) is 11.3 Å². The predicted molar refractivity (Wildman–Crippen MR) is 75.3 cm³/mol. The van der Waals surface area contributed by atoms with Crippen LogP contribution in [-0.2, 0) is 0 Å². The number of nitrogens with zero attached hydrogens (tertiary/aromatic N) is 2. The van der Waals surface area contributed by atoms with Gasteiger partial charge in [-0.05, 0) is 58.1 Å². The van der Waals surface area contributed by atoms with Gasteiger partial charge in [0.1, 0.15) is 0 Å². The molecule has 0 spiro atoms. The van der Waals surface area contributed by atoms with E-state index in [0.29, 0.717) is 17.2 Å². The van der Waals surface area contributed by atoms with Crippen LogP contribution in [0.4, 0.5) is 5.69 Å². The molecule has 1 aliphatic rings. The minimum absolute atomic E-state index is 0.0277. The molecule has 1 heterocycles. The van der Waals surface area contributed by atoms with E-state index in [4.69, 9.17) is 5.26 Å². The zero-order chi connectivity index (χ0) is 13.8. The van der Waals surface area contributed by atoms with Gasteiger partial charge in [-0.1, -0.05) is 0 Å². The molecular weight excluding hydrogens is 238 g/mol. The molecule has 1 aromatic rings. The van der Waals surface area contributed by atoms with Crippen molar-refractivity contribution in [3.63, 3.8) is 0 Å². The highest BCUT2D eigenvalue weighted by Gasteiger charge is 2.18. The first-order chi connectivity index (χ1) is 9.10. The number of rotatable bonds is 3. The molecular formula is C15H19N3O. The lowest BCUT2D eigenvalue weighted by molar-refractivity contribution is 0.101. The summed E-state index contributed by atoms with van der Waals surface area (Å²) in [6.45, 7) is 3.68. The minimum Gasteiger partial charge on any atom is -0.382 e. The van der Waals surface area contributed by atoms with E-state index in [1.165, 1.54) is 0 Å². The maximum atomic E-state index is 11.6. The van der Waals surface area contributed by atoms with Gasteiger partial charge in [-0.2, -0.15) is 5.26 Å². The van der Waals surface area contributed by atoms with Crippen molar-refractivity contribution < 1.29 is 4.79 Å². The highest BCUT2D eigenvalue weighted by Crippen LogP contribution is 2.22. The largest absolute Gasteiger partial charge is 0.382 e. The summed E-state index contributed by atoms with van der Waals surface area (Å²) in [5.74, 6) is 0.0277. The van der Waals surface area contributed by atoms with Gasteiger partial charge in [0, 0.05) is 17.3 Å². The van der Waals surface area contributed by atoms with Gasteiger partial charge in [0.05, 0.1) is 11.6 Å². The van der Waals surface area contributed by atoms with Gasteiger partial charge in [0.2, 0.25) is 0 Å². The molecule has 0 radical (unpaired) electrons. The molecule has 0 unspecified atom stereocenters. The van der Waals surface area contributed by atoms with Gasteiger partial charge in [-0.3, -0.25) is 4.79 Å². The van der Waals surface area contributed by atoms with Crippen LogP contribution >= 0.6 is 0 Å². The standard InChI is InChI=1S/C15H19N3O/c1-11(19)14-4-3-12(10-16)9-15(14)17-13-5-7-18(2)8-6-13/h3-4,9,13,17H,5-8H2,1-2H3. The van der Waals surface area contributed by atoms with Gasteiger partial charge in [0.25, 0.3) is 0 Å². The zero-order valence-electron chi connectivity index (χ0n) is 11.4. The zero-order valence-corrected chi connectivity index (χ0v) is 11.4. The van der Waals surface area contributed by atoms with E-state index in [1.807, 2.05) is 0 Å². The number of piperidine rings is 1. The Hall–Kier alpha value is -1.86. The van der Waals surface area contributed by atoms with Crippen molar-refractivity contribution in [1.29, 1.82) is 5.26 Å². The summed E-state index contributed by atoms with van der Waals surface area (Å²) in [4.78, 5) is 13.9. The van der Waals surface area contributed by atoms with E-state index in [9.17, 15) is 4.79 Å². The van der Waals surface area contributed by atoms with Crippen LogP contribution in [0.15, 0.2) is 18.2 Å². The van der Waals surface area contributed by atoms with E-state index < -0.39 is 0 Å². The Morgan fingerprint density at radius 2 is 2.11 bits per heavy atom. The van der Waals surface area contributed by atoms with Gasteiger partial charge in [-0.25, -0.2) is 0 Å². The Kier molecular flexibility index (Phi) is 4.18. The third-order valence-corrected chi connectivity index (χ3v) is 3.61. The fourth-order valence-corrected chi connectivity index (χ4v) is 2.41. The summed E-state index contributed by atoms with van der Waals surface area (Å²) in [7, 11) is 2.12. The Bertz CT molecular complexity index is 511. The molecule has 0 aromatic heterocycles. The van der Waals surface area contributed by atoms with Crippen molar-refractivity contribution in [3.8, 4) is 6.07 Å². The topological polar surface area (TPSA) is 56.1 Å². The number of Topliss-reactive ketones (excluding diaryl/α,β-unsaturated/α-hetero) is 1. The summed E-state index contributed by atoms with van der Waals surface area (Å²) in [6, 6.07) is 7.69. The van der Waals surface area contributed by atoms with Gasteiger partial charge < -0.3 is 10.2 Å². The van der Waals surface area contributed by atoms with E-state index in [1.54, 1.807) is 25.1 Å². The molecule has 1 saturated heterocycles. The minimum atomic E-state index is 0.0277. The SMILES string of the molecule is CC(=O)c1ccc(C#N)cc1NC1CCN(C)CC1. The second-order valence-electron chi connectivity index (χ2n) is 5.15. The van der Waals surface area contributed by atoms with E-state index >= 15 is 0 Å². The van der Waals surface area contributed by atoms with Crippen LogP contribution in [0.3, 0.4) is 0 Å². The summed E-state index contributed by atoms with van der Waals surface area (Å²) in [5, 5.41) is 12.4. The second kappa shape index (κ2) is 5.85. The molecule has 0 bridgehead atoms. The fourth-order valence-electron chi connectivity index (χ4n) is 2.41. The predicted octanol–water partition coefficient (Wildman–Crippen LogP) is 2.27. The molecule has 1 aromatic carbocycles. The summed E-state index contributed by atoms with van der Waals surface area (Å²) >= 11 is 0. The van der Waals surface area contributed by atoms with Crippen LogP contribution in [0.1, 0.15) is 35.7 Å². The normalized spacial score (nSPS) is 16.9. The van der Waals surface area contributed by atoms with E-state index in [2.05, 4.69) is 23.3 Å². The molecule has 1 fully saturated rings. The number of hydrogen-bond donors (Lipinski definition) is 1. The number of hydrogen-bond acceptors (Lipinski definition) is 4. The Morgan fingerprint density at radius 1 is 1.42 bits per heavy atom. The lowest BCUT2D eigenvalue weighted by atomic mass is 10.0. The number of anilines is 1. The number of carbonyl (C=O) groups is 1. The van der Waals surface area contributed by atoms with Crippen LogP contribution in [-0.4, -0.2) is 36.9 Å². The van der Waals surface area contributed by atoms with Crippen molar-refractivity contribution >= 4 is 11.5 Å². The van der Waals surface area contributed by atoms with Gasteiger partial charge in [-0.15, -0.1) is 0 Å². The molecule has 100 valence electrons. The Labute approximate surface area is 114 Å². The third kappa shape index (κ3) is 3.33. The maximum absolute atomic E-state index is 11.6. The van der Waals surface area contributed by atoms with Crippen molar-refractivity contribution in [2.45, 2.75) is 25.8 Å². The molecule has 4 heteroatoms. The molecule has 1 N–H and O–H groups in total. The number of carbonyl (C=O) groups excluding carboxylic acids is 1. The third-order valence-electron chi connectivity index (χ3n) is 3.61. The van der Waals surface area contributed by atoms with Crippen LogP contribution in [0.25, 0.3) is 0 Å². The number of nitrogens with one attached hydrogen (secondary N) is 1. The molecule has 2 rings (SSSR count). The van der Waals surface area contributed by atoms with Gasteiger partial charge in [0.15, 0.2) is 5.78 Å². The number of benzene rings is 1. The van der Waals surface area contributed by atoms with Crippen LogP contribution in [0.5, 0.6) is 0 Å². The van der Waals surface area contributed by atoms with E-state index in [-0.39, 0.29) is 5.78 Å². The van der Waals surface area contributed by atoms with Crippen molar-refractivity contribution in [2.75, 3.05) is 25.5 Å². The Morgan fingerprint density at radius 3 is 2.68 bits per heavy atom. The van der Waals surface area contributed by atoms with Crippen molar-refractivity contribution in [1.82, 2.24) is 4.90 Å². The van der Waals surface area contributed by atoms with Crippen molar-refractivity contribution in [3.05, 3.63) is 29.3 Å². The number of likely N-dealkylation sites (tertiary alicyclic amines) is 1. The second-order valence-corrected chi connectivity index (χ2v) is 5.15. The van der Waals surface area contributed by atoms with Gasteiger partial charge >= 0.3 is 0 Å². The molecule has 0 amide bonds. The first-order valence-electron chi connectivity index (χ1n) is 6.60. The summed E-state index contributed by atoms with van der Waals surface area (Å²) in [6.07, 6.45) is 2.12. The monoisotopic (exact) mass is 257 g/mol. The Balaban J connectivity index is 2.18. The molecule has 1 aliphatic heterocycles. The summed E-state index contributed by atoms with van der Waals surface area (Å²) in [5.41, 5.74) is 2.04. The number of nitriles is 1. The lowest BCUT2D eigenvalue weighted by Crippen LogP contribution is -2.37. The average molecular weight is 257 g/mol. The highest BCUT2D eigenvalue weighted by molar-refractivity contribution is 5.99. The van der Waals surface area contributed by atoms with Crippen LogP contribution in [0.2, 0.25) is 0 Å².